The second-order valence-corrected chi connectivity index (χ2v) is 4.08. The van der Waals surface area contributed by atoms with E-state index in [0.717, 1.165) is 25.3 Å². The number of nitrogens with two attached hydrogens (primary N) is 1. The van der Waals surface area contributed by atoms with E-state index in [4.69, 9.17) is 15.9 Å². The van der Waals surface area contributed by atoms with Gasteiger partial charge in [0.1, 0.15) is 5.84 Å². The average molecular weight is 219 g/mol. The molecule has 1 aromatic rings. The quantitative estimate of drug-likeness (QED) is 0.580. The fourth-order valence-electron chi connectivity index (χ4n) is 1.94. The van der Waals surface area contributed by atoms with Crippen LogP contribution in [0.2, 0.25) is 0 Å². The molecule has 0 radical (unpaired) electrons. The van der Waals surface area contributed by atoms with E-state index in [9.17, 15) is 0 Å². The van der Waals surface area contributed by atoms with E-state index >= 15 is 0 Å². The smallest absolute Gasteiger partial charge is 0.122 e. The zero-order valence-electron chi connectivity index (χ0n) is 9.44. The third-order valence-electron chi connectivity index (χ3n) is 2.88. The van der Waals surface area contributed by atoms with Gasteiger partial charge in [0, 0.05) is 23.8 Å². The van der Waals surface area contributed by atoms with E-state index in [-0.39, 0.29) is 5.84 Å². The normalized spacial score (nSPS) is 20.8. The predicted molar refractivity (Wildman–Crippen MR) is 65.1 cm³/mol. The molecule has 1 aliphatic heterocycles. The van der Waals surface area contributed by atoms with Crippen molar-refractivity contribution in [2.75, 3.05) is 24.7 Å². The van der Waals surface area contributed by atoms with Gasteiger partial charge < -0.3 is 15.4 Å². The Morgan fingerprint density at radius 3 is 2.69 bits per heavy atom. The van der Waals surface area contributed by atoms with Gasteiger partial charge in [-0.1, -0.05) is 0 Å². The van der Waals surface area contributed by atoms with Gasteiger partial charge in [-0.15, -0.1) is 0 Å². The number of hydrogen-bond donors (Lipinski definition) is 2. The summed E-state index contributed by atoms with van der Waals surface area (Å²) < 4.78 is 5.40. The maximum atomic E-state index is 7.33. The molecule has 1 heterocycles. The summed E-state index contributed by atoms with van der Waals surface area (Å²) in [5.74, 6) is 0.113. The van der Waals surface area contributed by atoms with E-state index in [1.54, 1.807) is 0 Å². The minimum absolute atomic E-state index is 0.113. The van der Waals surface area contributed by atoms with Crippen molar-refractivity contribution in [1.82, 2.24) is 0 Å². The second-order valence-electron chi connectivity index (χ2n) is 4.08. The summed E-state index contributed by atoms with van der Waals surface area (Å²) in [5.41, 5.74) is 7.35. The van der Waals surface area contributed by atoms with Gasteiger partial charge in [0.25, 0.3) is 0 Å². The second kappa shape index (κ2) is 4.53. The molecule has 1 saturated heterocycles. The summed E-state index contributed by atoms with van der Waals surface area (Å²) in [6.07, 6.45) is 0. The lowest BCUT2D eigenvalue weighted by atomic mass is 10.1. The average Bonchev–Trinajstić information content (AvgIpc) is 2.30. The number of hydrogen-bond acceptors (Lipinski definition) is 3. The van der Waals surface area contributed by atoms with Crippen LogP contribution in [0.3, 0.4) is 0 Å². The van der Waals surface area contributed by atoms with Crippen molar-refractivity contribution in [2.24, 2.45) is 5.73 Å². The Morgan fingerprint density at radius 2 is 2.12 bits per heavy atom. The summed E-state index contributed by atoms with van der Waals surface area (Å²) in [5, 5.41) is 7.33. The molecule has 16 heavy (non-hydrogen) atoms. The molecule has 2 rings (SSSR count). The molecule has 0 bridgehead atoms. The Balaban J connectivity index is 2.17. The van der Waals surface area contributed by atoms with Gasteiger partial charge in [0.15, 0.2) is 0 Å². The number of benzene rings is 1. The Hall–Kier alpha value is -1.55. The van der Waals surface area contributed by atoms with E-state index in [2.05, 4.69) is 11.8 Å². The van der Waals surface area contributed by atoms with Gasteiger partial charge in [0.2, 0.25) is 0 Å². The van der Waals surface area contributed by atoms with E-state index < -0.39 is 0 Å². The molecule has 1 unspecified atom stereocenters. The van der Waals surface area contributed by atoms with Crippen molar-refractivity contribution in [3.8, 4) is 0 Å². The van der Waals surface area contributed by atoms with Gasteiger partial charge in [0.05, 0.1) is 13.2 Å². The molecule has 86 valence electrons. The van der Waals surface area contributed by atoms with Crippen molar-refractivity contribution in [3.05, 3.63) is 29.8 Å². The Morgan fingerprint density at radius 1 is 1.44 bits per heavy atom. The maximum Gasteiger partial charge on any atom is 0.122 e. The first-order chi connectivity index (χ1) is 7.68. The summed E-state index contributed by atoms with van der Waals surface area (Å²) in [7, 11) is 0. The molecule has 0 aromatic heterocycles. The predicted octanol–water partition coefficient (Wildman–Crippen LogP) is 1.20. The highest BCUT2D eigenvalue weighted by molar-refractivity contribution is 5.95. The number of ether oxygens (including phenoxy) is 1. The monoisotopic (exact) mass is 219 g/mol. The highest BCUT2D eigenvalue weighted by Gasteiger charge is 2.18. The van der Waals surface area contributed by atoms with Crippen LogP contribution >= 0.6 is 0 Å². The number of nitrogens with one attached hydrogen (secondary N) is 1. The molecule has 0 saturated carbocycles. The van der Waals surface area contributed by atoms with E-state index in [1.807, 2.05) is 24.3 Å². The topological polar surface area (TPSA) is 62.3 Å². The summed E-state index contributed by atoms with van der Waals surface area (Å²) >= 11 is 0. The summed E-state index contributed by atoms with van der Waals surface area (Å²) in [6.45, 7) is 4.62. The largest absolute Gasteiger partial charge is 0.384 e. The Kier molecular flexibility index (Phi) is 3.10. The fraction of sp³-hybridized carbons (Fsp3) is 0.417. The van der Waals surface area contributed by atoms with Crippen LogP contribution in [0.5, 0.6) is 0 Å². The molecule has 4 nitrogen and oxygen atoms in total. The van der Waals surface area contributed by atoms with Gasteiger partial charge in [-0.05, 0) is 31.2 Å². The van der Waals surface area contributed by atoms with Gasteiger partial charge in [-0.2, -0.15) is 0 Å². The van der Waals surface area contributed by atoms with Crippen LogP contribution < -0.4 is 10.6 Å². The van der Waals surface area contributed by atoms with Crippen molar-refractivity contribution >= 4 is 11.5 Å². The van der Waals surface area contributed by atoms with Crippen LogP contribution in [0.4, 0.5) is 5.69 Å². The Bertz CT molecular complexity index is 374. The maximum absolute atomic E-state index is 7.33. The first-order valence-corrected chi connectivity index (χ1v) is 5.47. The molecule has 1 aliphatic rings. The number of morpholine rings is 1. The van der Waals surface area contributed by atoms with Gasteiger partial charge >= 0.3 is 0 Å². The third-order valence-corrected chi connectivity index (χ3v) is 2.88. The molecule has 0 spiro atoms. The lowest BCUT2D eigenvalue weighted by Gasteiger charge is -2.35. The highest BCUT2D eigenvalue weighted by atomic mass is 16.5. The number of amidine groups is 1. The lowest BCUT2D eigenvalue weighted by Crippen LogP contribution is -2.43. The van der Waals surface area contributed by atoms with Crippen molar-refractivity contribution in [1.29, 1.82) is 5.41 Å². The number of nitrogen functional groups attached to an aromatic ring is 1. The van der Waals surface area contributed by atoms with Crippen LogP contribution in [0, 0.1) is 5.41 Å². The van der Waals surface area contributed by atoms with Gasteiger partial charge in [-0.3, -0.25) is 5.41 Å². The van der Waals surface area contributed by atoms with E-state index in [1.165, 1.54) is 5.69 Å². The van der Waals surface area contributed by atoms with Crippen molar-refractivity contribution in [3.63, 3.8) is 0 Å². The molecule has 4 heteroatoms. The highest BCUT2D eigenvalue weighted by Crippen LogP contribution is 2.19. The molecule has 0 aliphatic carbocycles. The molecule has 3 N–H and O–H groups in total. The molecule has 0 amide bonds. The summed E-state index contributed by atoms with van der Waals surface area (Å²) in [6, 6.07) is 8.20. The molecule has 1 aromatic carbocycles. The molecular weight excluding hydrogens is 202 g/mol. The van der Waals surface area contributed by atoms with Crippen LogP contribution in [0.25, 0.3) is 0 Å². The molecule has 1 fully saturated rings. The van der Waals surface area contributed by atoms with Crippen molar-refractivity contribution < 1.29 is 4.74 Å². The Labute approximate surface area is 95.5 Å². The number of anilines is 1. The first kappa shape index (κ1) is 11.0. The fourth-order valence-corrected chi connectivity index (χ4v) is 1.94. The zero-order valence-corrected chi connectivity index (χ0v) is 9.44. The SMILES string of the molecule is CC1COCCN1c1ccc(C(=N)N)cc1. The zero-order chi connectivity index (χ0) is 11.5. The van der Waals surface area contributed by atoms with Crippen LogP contribution in [-0.4, -0.2) is 31.6 Å². The minimum Gasteiger partial charge on any atom is -0.384 e. The first-order valence-electron chi connectivity index (χ1n) is 5.47. The summed E-state index contributed by atoms with van der Waals surface area (Å²) in [4.78, 5) is 2.31. The number of rotatable bonds is 2. The van der Waals surface area contributed by atoms with Crippen LogP contribution in [0.1, 0.15) is 12.5 Å². The van der Waals surface area contributed by atoms with Crippen LogP contribution in [0.15, 0.2) is 24.3 Å². The third kappa shape index (κ3) is 2.17. The van der Waals surface area contributed by atoms with Crippen molar-refractivity contribution in [2.45, 2.75) is 13.0 Å². The lowest BCUT2D eigenvalue weighted by molar-refractivity contribution is 0.0989. The van der Waals surface area contributed by atoms with Gasteiger partial charge in [-0.25, -0.2) is 0 Å². The minimum atomic E-state index is 0.113. The number of nitrogens with zero attached hydrogens (tertiary/aromatic N) is 1. The molecule has 1 atom stereocenters. The van der Waals surface area contributed by atoms with E-state index in [0.29, 0.717) is 6.04 Å². The van der Waals surface area contributed by atoms with Crippen LogP contribution in [-0.2, 0) is 4.74 Å². The molecular formula is C12H17N3O. The standard InChI is InChI=1S/C12H17N3O/c1-9-8-16-7-6-15(9)11-4-2-10(3-5-11)12(13)14/h2-5,9H,6-8H2,1H3,(H3,13,14).